The molecule has 1 fully saturated rings. The monoisotopic (exact) mass is 440 g/mol. The Labute approximate surface area is 184 Å². The number of hydrogen-bond acceptors (Lipinski definition) is 6. The Balaban J connectivity index is 1.55. The molecule has 1 aliphatic heterocycles. The second kappa shape index (κ2) is 9.90. The van der Waals surface area contributed by atoms with Gasteiger partial charge in [0.2, 0.25) is 5.91 Å². The number of benzene rings is 2. The number of ether oxygens (including phenoxy) is 1. The van der Waals surface area contributed by atoms with E-state index in [4.69, 9.17) is 4.74 Å². The molecule has 10 nitrogen and oxygen atoms in total. The highest BCUT2D eigenvalue weighted by Gasteiger charge is 2.28. The van der Waals surface area contributed by atoms with Crippen LogP contribution in [-0.4, -0.2) is 71.8 Å². The third-order valence-corrected chi connectivity index (χ3v) is 5.23. The first kappa shape index (κ1) is 22.7. The van der Waals surface area contributed by atoms with Gasteiger partial charge in [-0.1, -0.05) is 12.1 Å². The van der Waals surface area contributed by atoms with Crippen molar-refractivity contribution in [3.63, 3.8) is 0 Å². The van der Waals surface area contributed by atoms with Crippen LogP contribution < -0.4 is 10.1 Å². The number of carbonyl (C=O) groups is 3. The molecule has 168 valence electrons. The van der Waals surface area contributed by atoms with Crippen molar-refractivity contribution < 1.29 is 24.0 Å². The van der Waals surface area contributed by atoms with Crippen LogP contribution in [0.2, 0.25) is 0 Å². The summed E-state index contributed by atoms with van der Waals surface area (Å²) in [6.07, 6.45) is 0. The van der Waals surface area contributed by atoms with E-state index in [9.17, 15) is 24.5 Å². The lowest BCUT2D eigenvalue weighted by Gasteiger charge is -2.36. The van der Waals surface area contributed by atoms with Gasteiger partial charge in [-0.05, 0) is 31.2 Å². The predicted octanol–water partition coefficient (Wildman–Crippen LogP) is 1.71. The summed E-state index contributed by atoms with van der Waals surface area (Å²) in [4.78, 5) is 51.4. The first-order valence-electron chi connectivity index (χ1n) is 10.1. The van der Waals surface area contributed by atoms with Crippen molar-refractivity contribution >= 4 is 23.4 Å². The van der Waals surface area contributed by atoms with Gasteiger partial charge in [-0.15, -0.1) is 0 Å². The van der Waals surface area contributed by atoms with Crippen LogP contribution >= 0.6 is 0 Å². The van der Waals surface area contributed by atoms with Crippen LogP contribution in [0.15, 0.2) is 48.5 Å². The fourth-order valence-electron chi connectivity index (χ4n) is 3.44. The van der Waals surface area contributed by atoms with Crippen LogP contribution in [0.4, 0.5) is 5.69 Å². The van der Waals surface area contributed by atoms with Crippen molar-refractivity contribution in [3.8, 4) is 5.75 Å². The van der Waals surface area contributed by atoms with Gasteiger partial charge in [-0.3, -0.25) is 24.5 Å². The fourth-order valence-corrected chi connectivity index (χ4v) is 3.44. The number of non-ortho nitro benzene ring substituents is 1. The molecule has 2 aromatic rings. The Kier molecular flexibility index (Phi) is 7.04. The van der Waals surface area contributed by atoms with Crippen molar-refractivity contribution in [1.29, 1.82) is 0 Å². The maximum absolute atomic E-state index is 12.8. The molecule has 0 aromatic heterocycles. The van der Waals surface area contributed by atoms with E-state index in [2.05, 4.69) is 5.32 Å². The van der Waals surface area contributed by atoms with E-state index in [0.29, 0.717) is 37.5 Å². The normalized spacial score (nSPS) is 14.4. The molecule has 0 radical (unpaired) electrons. The molecule has 1 atom stereocenters. The van der Waals surface area contributed by atoms with Crippen molar-refractivity contribution in [2.45, 2.75) is 13.0 Å². The number of rotatable bonds is 6. The van der Waals surface area contributed by atoms with Crippen molar-refractivity contribution in [2.24, 2.45) is 0 Å². The maximum Gasteiger partial charge on any atom is 0.270 e. The zero-order valence-electron chi connectivity index (χ0n) is 17.8. The molecule has 32 heavy (non-hydrogen) atoms. The van der Waals surface area contributed by atoms with Gasteiger partial charge in [0.25, 0.3) is 17.5 Å². The van der Waals surface area contributed by atoms with Crippen LogP contribution in [0.25, 0.3) is 0 Å². The second-order valence-corrected chi connectivity index (χ2v) is 7.35. The third-order valence-electron chi connectivity index (χ3n) is 5.23. The van der Waals surface area contributed by atoms with Gasteiger partial charge in [-0.25, -0.2) is 0 Å². The minimum atomic E-state index is -0.817. The molecule has 1 unspecified atom stereocenters. The number of piperazine rings is 1. The summed E-state index contributed by atoms with van der Waals surface area (Å²) in [6.45, 7) is 2.98. The highest BCUT2D eigenvalue weighted by Crippen LogP contribution is 2.16. The van der Waals surface area contributed by atoms with Crippen LogP contribution in [0.3, 0.4) is 0 Å². The van der Waals surface area contributed by atoms with Gasteiger partial charge in [0.05, 0.1) is 12.0 Å². The largest absolute Gasteiger partial charge is 0.497 e. The van der Waals surface area contributed by atoms with E-state index in [0.717, 1.165) is 6.07 Å². The molecule has 1 heterocycles. The van der Waals surface area contributed by atoms with Gasteiger partial charge < -0.3 is 19.9 Å². The van der Waals surface area contributed by atoms with Crippen molar-refractivity contribution in [3.05, 3.63) is 69.8 Å². The lowest BCUT2D eigenvalue weighted by molar-refractivity contribution is -0.384. The third kappa shape index (κ3) is 5.20. The molecule has 0 spiro atoms. The molecule has 1 aliphatic rings. The molecule has 1 N–H and O–H groups in total. The molecule has 1 saturated heterocycles. The average molecular weight is 440 g/mol. The Hall–Kier alpha value is -3.95. The summed E-state index contributed by atoms with van der Waals surface area (Å²) < 4.78 is 5.16. The van der Waals surface area contributed by atoms with Crippen LogP contribution in [0, 0.1) is 10.1 Å². The average Bonchev–Trinajstić information content (AvgIpc) is 2.83. The summed E-state index contributed by atoms with van der Waals surface area (Å²) in [5.41, 5.74) is 0.419. The quantitative estimate of drug-likeness (QED) is 0.539. The molecular weight excluding hydrogens is 416 g/mol. The lowest BCUT2D eigenvalue weighted by atomic mass is 10.1. The fraction of sp³-hybridized carbons (Fsp3) is 0.318. The van der Waals surface area contributed by atoms with Crippen molar-refractivity contribution in [2.75, 3.05) is 33.3 Å². The SMILES string of the molecule is COc1cccc(C(=O)N2CCN(C(=O)C(C)NC(=O)c3cccc([N+](=O)[O-])c3)CC2)c1. The molecule has 3 rings (SSSR count). The van der Waals surface area contributed by atoms with Gasteiger partial charge in [0.1, 0.15) is 11.8 Å². The number of nitrogens with zero attached hydrogens (tertiary/aromatic N) is 3. The zero-order chi connectivity index (χ0) is 23.3. The molecule has 10 heteroatoms. The van der Waals surface area contributed by atoms with E-state index in [1.54, 1.807) is 41.0 Å². The highest BCUT2D eigenvalue weighted by molar-refractivity contribution is 5.98. The Morgan fingerprint density at radius 1 is 1.00 bits per heavy atom. The Bertz CT molecular complexity index is 1030. The maximum atomic E-state index is 12.8. The zero-order valence-corrected chi connectivity index (χ0v) is 17.8. The standard InChI is InChI=1S/C22H24N4O6/c1-15(23-20(27)16-5-3-7-18(13-16)26(30)31)21(28)24-9-11-25(12-10-24)22(29)17-6-4-8-19(14-17)32-2/h3-8,13-15H,9-12H2,1-2H3,(H,23,27). The Morgan fingerprint density at radius 3 is 2.28 bits per heavy atom. The molecule has 0 aliphatic carbocycles. The number of methoxy groups -OCH3 is 1. The predicted molar refractivity (Wildman–Crippen MR) is 116 cm³/mol. The van der Waals surface area contributed by atoms with Gasteiger partial charge in [0, 0.05) is 49.4 Å². The Morgan fingerprint density at radius 2 is 1.62 bits per heavy atom. The van der Waals surface area contributed by atoms with Gasteiger partial charge in [-0.2, -0.15) is 0 Å². The summed E-state index contributed by atoms with van der Waals surface area (Å²) >= 11 is 0. The van der Waals surface area contributed by atoms with Crippen LogP contribution in [-0.2, 0) is 4.79 Å². The van der Waals surface area contributed by atoms with Crippen LogP contribution in [0.5, 0.6) is 5.75 Å². The number of amides is 3. The minimum Gasteiger partial charge on any atom is -0.497 e. The van der Waals surface area contributed by atoms with Crippen molar-refractivity contribution in [1.82, 2.24) is 15.1 Å². The molecule has 2 aromatic carbocycles. The van der Waals surface area contributed by atoms with Crippen LogP contribution in [0.1, 0.15) is 27.6 Å². The topological polar surface area (TPSA) is 122 Å². The summed E-state index contributed by atoms with van der Waals surface area (Å²) in [5.74, 6) is -0.389. The smallest absolute Gasteiger partial charge is 0.270 e. The summed E-state index contributed by atoms with van der Waals surface area (Å²) in [5, 5.41) is 13.5. The minimum absolute atomic E-state index is 0.104. The van der Waals surface area contributed by atoms with E-state index < -0.39 is 16.9 Å². The summed E-state index contributed by atoms with van der Waals surface area (Å²) in [6, 6.07) is 11.4. The molecular formula is C22H24N4O6. The lowest BCUT2D eigenvalue weighted by Crippen LogP contribution is -2.55. The second-order valence-electron chi connectivity index (χ2n) is 7.35. The highest BCUT2D eigenvalue weighted by atomic mass is 16.6. The number of hydrogen-bond donors (Lipinski definition) is 1. The molecule has 0 bridgehead atoms. The number of carbonyl (C=O) groups excluding carboxylic acids is 3. The van der Waals surface area contributed by atoms with Gasteiger partial charge >= 0.3 is 0 Å². The summed E-state index contributed by atoms with van der Waals surface area (Å²) in [7, 11) is 1.53. The van der Waals surface area contributed by atoms with E-state index in [-0.39, 0.29) is 23.1 Å². The molecule has 0 saturated carbocycles. The first-order valence-corrected chi connectivity index (χ1v) is 10.1. The van der Waals surface area contributed by atoms with Gasteiger partial charge in [0.15, 0.2) is 0 Å². The van der Waals surface area contributed by atoms with E-state index in [1.807, 2.05) is 0 Å². The van der Waals surface area contributed by atoms with E-state index in [1.165, 1.54) is 25.3 Å². The first-order chi connectivity index (χ1) is 15.3. The number of nitro benzene ring substituents is 1. The molecule has 3 amide bonds. The van der Waals surface area contributed by atoms with E-state index >= 15 is 0 Å². The number of nitro groups is 1. The number of nitrogens with one attached hydrogen (secondary N) is 1.